The van der Waals surface area contributed by atoms with Crippen LogP contribution in [0.4, 0.5) is 0 Å². The lowest BCUT2D eigenvalue weighted by Gasteiger charge is -2.25. The molecule has 2 nitrogen and oxygen atoms in total. The van der Waals surface area contributed by atoms with Crippen LogP contribution in [0, 0.1) is 0 Å². The Morgan fingerprint density at radius 2 is 2.21 bits per heavy atom. The van der Waals surface area contributed by atoms with E-state index >= 15 is 0 Å². The van der Waals surface area contributed by atoms with E-state index in [0.717, 1.165) is 23.4 Å². The largest absolute Gasteiger partial charge is 0.360 e. The topological polar surface area (TPSA) is 24.4 Å². The molecular formula is C11H22N2S. The van der Waals surface area contributed by atoms with E-state index in [4.69, 9.17) is 0 Å². The van der Waals surface area contributed by atoms with Gasteiger partial charge in [-0.25, -0.2) is 0 Å². The van der Waals surface area contributed by atoms with Gasteiger partial charge in [0.05, 0.1) is 6.54 Å². The number of amidine groups is 1. The molecule has 82 valence electrons. The number of rotatable bonds is 4. The maximum Gasteiger partial charge on any atom is 0.157 e. The Hall–Kier alpha value is -0.180. The molecule has 0 spiro atoms. The van der Waals surface area contributed by atoms with Gasteiger partial charge in [0.1, 0.15) is 0 Å². The van der Waals surface area contributed by atoms with Crippen LogP contribution in [0.2, 0.25) is 0 Å². The minimum absolute atomic E-state index is 0.187. The zero-order chi connectivity index (χ0) is 10.6. The van der Waals surface area contributed by atoms with Gasteiger partial charge in [0.15, 0.2) is 5.17 Å². The molecule has 0 bridgehead atoms. The first-order valence-electron chi connectivity index (χ1n) is 5.56. The van der Waals surface area contributed by atoms with Gasteiger partial charge in [0.2, 0.25) is 0 Å². The van der Waals surface area contributed by atoms with Gasteiger partial charge < -0.3 is 5.32 Å². The van der Waals surface area contributed by atoms with Crippen LogP contribution in [0.25, 0.3) is 0 Å². The van der Waals surface area contributed by atoms with Gasteiger partial charge in [-0.2, -0.15) is 0 Å². The average molecular weight is 214 g/mol. The molecule has 14 heavy (non-hydrogen) atoms. The molecule has 1 aliphatic heterocycles. The number of hydrogen-bond donors (Lipinski definition) is 1. The molecule has 1 atom stereocenters. The highest BCUT2D eigenvalue weighted by atomic mass is 32.2. The maximum atomic E-state index is 4.54. The molecule has 0 aromatic carbocycles. The fraction of sp³-hybridized carbons (Fsp3) is 0.909. The smallest absolute Gasteiger partial charge is 0.157 e. The average Bonchev–Trinajstić information content (AvgIpc) is 2.53. The standard InChI is InChI=1S/C11H22N2S/c1-5-7-9-8-12-10(14-9)13-11(3,4)6-2/h9H,5-8H2,1-4H3,(H,12,13). The van der Waals surface area contributed by atoms with Crippen LogP contribution in [0.5, 0.6) is 0 Å². The molecule has 1 aliphatic rings. The summed E-state index contributed by atoms with van der Waals surface area (Å²) in [6.07, 6.45) is 3.68. The minimum Gasteiger partial charge on any atom is -0.360 e. The number of hydrogen-bond acceptors (Lipinski definition) is 3. The van der Waals surface area contributed by atoms with E-state index in [1.54, 1.807) is 0 Å². The van der Waals surface area contributed by atoms with Crippen LogP contribution in [0.1, 0.15) is 47.0 Å². The van der Waals surface area contributed by atoms with Crippen LogP contribution in [-0.2, 0) is 0 Å². The summed E-state index contributed by atoms with van der Waals surface area (Å²) in [6.45, 7) is 9.89. The summed E-state index contributed by atoms with van der Waals surface area (Å²) in [5.74, 6) is 0. The van der Waals surface area contributed by atoms with Crippen molar-refractivity contribution in [3.05, 3.63) is 0 Å². The second-order valence-corrected chi connectivity index (χ2v) is 5.83. The molecule has 0 aliphatic carbocycles. The molecule has 3 heteroatoms. The van der Waals surface area contributed by atoms with Crippen molar-refractivity contribution in [2.24, 2.45) is 4.99 Å². The summed E-state index contributed by atoms with van der Waals surface area (Å²) in [5, 5.41) is 5.37. The van der Waals surface area contributed by atoms with E-state index in [9.17, 15) is 0 Å². The molecule has 1 N–H and O–H groups in total. The summed E-state index contributed by atoms with van der Waals surface area (Å²) >= 11 is 1.92. The highest BCUT2D eigenvalue weighted by Crippen LogP contribution is 2.25. The minimum atomic E-state index is 0.187. The summed E-state index contributed by atoms with van der Waals surface area (Å²) in [7, 11) is 0. The van der Waals surface area contributed by atoms with Crippen LogP contribution in [-0.4, -0.2) is 22.5 Å². The number of aliphatic imine (C=N–C) groups is 1. The Morgan fingerprint density at radius 1 is 1.50 bits per heavy atom. The van der Waals surface area contributed by atoms with Gasteiger partial charge in [0, 0.05) is 10.8 Å². The van der Waals surface area contributed by atoms with E-state index in [0.29, 0.717) is 0 Å². The zero-order valence-electron chi connectivity index (χ0n) is 9.76. The van der Waals surface area contributed by atoms with Crippen LogP contribution in [0.15, 0.2) is 4.99 Å². The highest BCUT2D eigenvalue weighted by Gasteiger charge is 2.23. The van der Waals surface area contributed by atoms with Crippen molar-refractivity contribution in [1.29, 1.82) is 0 Å². The summed E-state index contributed by atoms with van der Waals surface area (Å²) in [6, 6.07) is 0. The van der Waals surface area contributed by atoms with Crippen molar-refractivity contribution in [2.75, 3.05) is 6.54 Å². The van der Waals surface area contributed by atoms with Gasteiger partial charge >= 0.3 is 0 Å². The first kappa shape index (κ1) is 11.9. The number of nitrogens with zero attached hydrogens (tertiary/aromatic N) is 1. The third-order valence-corrected chi connectivity index (χ3v) is 3.83. The van der Waals surface area contributed by atoms with E-state index < -0.39 is 0 Å². The lowest BCUT2D eigenvalue weighted by molar-refractivity contribution is 0.448. The Labute approximate surface area is 92.0 Å². The first-order chi connectivity index (χ1) is 6.57. The molecule has 0 saturated carbocycles. The molecule has 0 fully saturated rings. The van der Waals surface area contributed by atoms with Crippen molar-refractivity contribution < 1.29 is 0 Å². The summed E-state index contributed by atoms with van der Waals surface area (Å²) in [5.41, 5.74) is 0.187. The highest BCUT2D eigenvalue weighted by molar-refractivity contribution is 8.14. The van der Waals surface area contributed by atoms with Gasteiger partial charge in [-0.05, 0) is 26.7 Å². The van der Waals surface area contributed by atoms with Gasteiger partial charge in [-0.1, -0.05) is 32.0 Å². The molecule has 0 amide bonds. The van der Waals surface area contributed by atoms with Crippen molar-refractivity contribution >= 4 is 16.9 Å². The molecular weight excluding hydrogens is 192 g/mol. The second-order valence-electron chi connectivity index (χ2n) is 4.54. The van der Waals surface area contributed by atoms with E-state index in [-0.39, 0.29) is 5.54 Å². The molecule has 1 rings (SSSR count). The monoisotopic (exact) mass is 214 g/mol. The lowest BCUT2D eigenvalue weighted by atomic mass is 10.0. The van der Waals surface area contributed by atoms with Crippen molar-refractivity contribution in [2.45, 2.75) is 57.7 Å². The number of thioether (sulfide) groups is 1. The predicted octanol–water partition coefficient (Wildman–Crippen LogP) is 3.04. The summed E-state index contributed by atoms with van der Waals surface area (Å²) < 4.78 is 0. The third kappa shape index (κ3) is 3.52. The Morgan fingerprint density at radius 3 is 2.79 bits per heavy atom. The lowest BCUT2D eigenvalue weighted by Crippen LogP contribution is -2.41. The molecule has 0 saturated heterocycles. The van der Waals surface area contributed by atoms with Crippen LogP contribution < -0.4 is 5.32 Å². The molecule has 0 radical (unpaired) electrons. The summed E-state index contributed by atoms with van der Waals surface area (Å²) in [4.78, 5) is 4.54. The van der Waals surface area contributed by atoms with Gasteiger partial charge in [-0.15, -0.1) is 0 Å². The SMILES string of the molecule is CCCC1CN=C(NC(C)(C)CC)S1. The Balaban J connectivity index is 2.35. The van der Waals surface area contributed by atoms with E-state index in [1.165, 1.54) is 12.8 Å². The maximum absolute atomic E-state index is 4.54. The van der Waals surface area contributed by atoms with Gasteiger partial charge in [0.25, 0.3) is 0 Å². The molecule has 0 aromatic rings. The molecule has 0 aromatic heterocycles. The van der Waals surface area contributed by atoms with E-state index in [1.807, 2.05) is 11.8 Å². The third-order valence-electron chi connectivity index (χ3n) is 2.66. The van der Waals surface area contributed by atoms with Crippen LogP contribution in [0.3, 0.4) is 0 Å². The zero-order valence-corrected chi connectivity index (χ0v) is 10.6. The van der Waals surface area contributed by atoms with Crippen molar-refractivity contribution in [1.82, 2.24) is 5.32 Å². The number of nitrogens with one attached hydrogen (secondary N) is 1. The normalized spacial score (nSPS) is 22.3. The first-order valence-corrected chi connectivity index (χ1v) is 6.44. The Kier molecular flexibility index (Phi) is 4.30. The van der Waals surface area contributed by atoms with Crippen molar-refractivity contribution in [3.8, 4) is 0 Å². The predicted molar refractivity (Wildman–Crippen MR) is 66.1 cm³/mol. The van der Waals surface area contributed by atoms with Gasteiger partial charge in [-0.3, -0.25) is 4.99 Å². The fourth-order valence-electron chi connectivity index (χ4n) is 1.34. The Bertz CT molecular complexity index is 211. The fourth-order valence-corrected chi connectivity index (χ4v) is 2.64. The molecule has 1 heterocycles. The van der Waals surface area contributed by atoms with Crippen LogP contribution >= 0.6 is 11.8 Å². The second kappa shape index (κ2) is 5.06. The molecule has 1 unspecified atom stereocenters. The quantitative estimate of drug-likeness (QED) is 0.778. The van der Waals surface area contributed by atoms with Crippen molar-refractivity contribution in [3.63, 3.8) is 0 Å². The van der Waals surface area contributed by atoms with E-state index in [2.05, 4.69) is 38.0 Å².